The van der Waals surface area contributed by atoms with E-state index in [4.69, 9.17) is 4.74 Å². The maximum atomic E-state index is 12.1. The Kier molecular flexibility index (Phi) is 6.04. The van der Waals surface area contributed by atoms with Crippen molar-refractivity contribution in [3.8, 4) is 0 Å². The fourth-order valence-electron chi connectivity index (χ4n) is 2.98. The fraction of sp³-hybridized carbons (Fsp3) is 0.765. The van der Waals surface area contributed by atoms with Crippen molar-refractivity contribution in [2.24, 2.45) is 5.92 Å². The average molecular weight is 322 g/mol. The van der Waals surface area contributed by atoms with E-state index >= 15 is 0 Å². The van der Waals surface area contributed by atoms with E-state index in [9.17, 15) is 4.79 Å². The summed E-state index contributed by atoms with van der Waals surface area (Å²) in [6.45, 7) is 10.6. The highest BCUT2D eigenvalue weighted by atomic mass is 16.6. The van der Waals surface area contributed by atoms with Crippen molar-refractivity contribution in [3.63, 3.8) is 0 Å². The smallest absolute Gasteiger partial charge is 0.410 e. The lowest BCUT2D eigenvalue weighted by atomic mass is 9.97. The fourth-order valence-corrected chi connectivity index (χ4v) is 2.98. The van der Waals surface area contributed by atoms with Crippen LogP contribution in [0, 0.1) is 5.92 Å². The number of carbonyl (C=O) groups excluding carboxylic acids is 1. The molecule has 0 N–H and O–H groups in total. The molecule has 0 spiro atoms. The van der Waals surface area contributed by atoms with E-state index in [0.717, 1.165) is 32.7 Å². The third-order valence-electron chi connectivity index (χ3n) is 4.07. The number of rotatable bonds is 5. The summed E-state index contributed by atoms with van der Waals surface area (Å²) in [5, 5.41) is 0. The highest BCUT2D eigenvalue weighted by Crippen LogP contribution is 2.18. The Morgan fingerprint density at radius 2 is 2.17 bits per heavy atom. The van der Waals surface area contributed by atoms with E-state index in [-0.39, 0.29) is 6.09 Å². The molecule has 0 aromatic carbocycles. The summed E-state index contributed by atoms with van der Waals surface area (Å²) in [6, 6.07) is 0. The van der Waals surface area contributed by atoms with Crippen LogP contribution in [0.2, 0.25) is 0 Å². The normalized spacial score (nSPS) is 19.6. The average Bonchev–Trinajstić information content (AvgIpc) is 2.97. The maximum absolute atomic E-state index is 12.1. The van der Waals surface area contributed by atoms with Crippen LogP contribution in [0.1, 0.15) is 33.6 Å². The molecule has 1 atom stereocenters. The quantitative estimate of drug-likeness (QED) is 0.835. The zero-order valence-electron chi connectivity index (χ0n) is 14.9. The van der Waals surface area contributed by atoms with Crippen LogP contribution in [0.5, 0.6) is 0 Å². The molecular formula is C17H30N4O2. The van der Waals surface area contributed by atoms with Crippen LogP contribution in [-0.2, 0) is 11.3 Å². The van der Waals surface area contributed by atoms with Crippen molar-refractivity contribution in [1.82, 2.24) is 19.4 Å². The molecule has 6 heteroatoms. The lowest BCUT2D eigenvalue weighted by Gasteiger charge is -2.35. The van der Waals surface area contributed by atoms with Crippen molar-refractivity contribution < 1.29 is 9.53 Å². The molecule has 2 heterocycles. The molecule has 1 aromatic heterocycles. The number of likely N-dealkylation sites (tertiary alicyclic amines) is 1. The highest BCUT2D eigenvalue weighted by molar-refractivity contribution is 5.67. The molecule has 1 amide bonds. The lowest BCUT2D eigenvalue weighted by Crippen LogP contribution is -2.43. The first-order chi connectivity index (χ1) is 10.8. The van der Waals surface area contributed by atoms with Crippen LogP contribution in [0.25, 0.3) is 0 Å². The lowest BCUT2D eigenvalue weighted by molar-refractivity contribution is 0.0243. The molecule has 1 aliphatic heterocycles. The molecule has 0 aliphatic carbocycles. The summed E-state index contributed by atoms with van der Waals surface area (Å²) in [4.78, 5) is 20.4. The van der Waals surface area contributed by atoms with Crippen molar-refractivity contribution in [1.29, 1.82) is 0 Å². The van der Waals surface area contributed by atoms with Crippen LogP contribution >= 0.6 is 0 Å². The Balaban J connectivity index is 1.75. The van der Waals surface area contributed by atoms with Crippen molar-refractivity contribution in [2.75, 3.05) is 33.2 Å². The molecule has 2 rings (SSSR count). The van der Waals surface area contributed by atoms with Crippen LogP contribution in [0.15, 0.2) is 18.7 Å². The summed E-state index contributed by atoms with van der Waals surface area (Å²) >= 11 is 0. The number of nitrogens with zero attached hydrogens (tertiary/aromatic N) is 4. The van der Waals surface area contributed by atoms with E-state index in [1.807, 2.05) is 46.5 Å². The molecule has 0 bridgehead atoms. The van der Waals surface area contributed by atoms with Gasteiger partial charge in [-0.05, 0) is 46.1 Å². The van der Waals surface area contributed by atoms with Gasteiger partial charge in [-0.3, -0.25) is 0 Å². The van der Waals surface area contributed by atoms with Gasteiger partial charge in [0.2, 0.25) is 0 Å². The first kappa shape index (κ1) is 17.8. The van der Waals surface area contributed by atoms with Gasteiger partial charge >= 0.3 is 6.09 Å². The number of ether oxygens (including phenoxy) is 1. The molecule has 23 heavy (non-hydrogen) atoms. The molecule has 1 aliphatic rings. The van der Waals surface area contributed by atoms with E-state index < -0.39 is 5.60 Å². The zero-order valence-corrected chi connectivity index (χ0v) is 14.9. The summed E-state index contributed by atoms with van der Waals surface area (Å²) < 4.78 is 7.54. The molecule has 0 saturated carbocycles. The monoisotopic (exact) mass is 322 g/mol. The number of amides is 1. The van der Waals surface area contributed by atoms with Crippen LogP contribution in [0.3, 0.4) is 0 Å². The van der Waals surface area contributed by atoms with Gasteiger partial charge in [-0.2, -0.15) is 0 Å². The Morgan fingerprint density at radius 3 is 2.83 bits per heavy atom. The molecule has 1 aromatic rings. The van der Waals surface area contributed by atoms with Gasteiger partial charge < -0.3 is 19.1 Å². The predicted molar refractivity (Wildman–Crippen MR) is 90.3 cm³/mol. The molecule has 0 unspecified atom stereocenters. The Labute approximate surface area is 139 Å². The van der Waals surface area contributed by atoms with Crippen LogP contribution in [-0.4, -0.2) is 64.3 Å². The van der Waals surface area contributed by atoms with Crippen molar-refractivity contribution >= 4 is 6.09 Å². The number of piperidine rings is 1. The Hall–Kier alpha value is -1.56. The number of hydrogen-bond acceptors (Lipinski definition) is 4. The summed E-state index contributed by atoms with van der Waals surface area (Å²) in [5.41, 5.74) is -0.436. The van der Waals surface area contributed by atoms with Gasteiger partial charge in [0.05, 0.1) is 6.33 Å². The second-order valence-corrected chi connectivity index (χ2v) is 7.47. The van der Waals surface area contributed by atoms with Gasteiger partial charge in [0.15, 0.2) is 0 Å². The second-order valence-electron chi connectivity index (χ2n) is 7.47. The van der Waals surface area contributed by atoms with Gasteiger partial charge in [-0.15, -0.1) is 0 Å². The van der Waals surface area contributed by atoms with Gasteiger partial charge in [0.1, 0.15) is 5.60 Å². The molecule has 6 nitrogen and oxygen atoms in total. The minimum absolute atomic E-state index is 0.229. The Bertz CT molecular complexity index is 481. The molecule has 0 radical (unpaired) electrons. The minimum atomic E-state index is -0.436. The van der Waals surface area contributed by atoms with Gasteiger partial charge in [0.25, 0.3) is 0 Å². The number of imidazole rings is 1. The number of hydrogen-bond donors (Lipinski definition) is 0. The van der Waals surface area contributed by atoms with E-state index in [2.05, 4.69) is 14.5 Å². The van der Waals surface area contributed by atoms with Crippen molar-refractivity contribution in [2.45, 2.75) is 45.8 Å². The zero-order chi connectivity index (χ0) is 16.9. The maximum Gasteiger partial charge on any atom is 0.410 e. The summed E-state index contributed by atoms with van der Waals surface area (Å²) in [6.07, 6.45) is 7.81. The standard InChI is InChI=1S/C17H30N4O2/c1-17(2,3)23-16(22)19(4)12-15-6-5-8-20(13-15)10-11-21-9-7-18-14-21/h7,9,14-15H,5-6,8,10-13H2,1-4H3/t15-/m0/s1. The predicted octanol–water partition coefficient (Wildman–Crippen LogP) is 2.46. The minimum Gasteiger partial charge on any atom is -0.444 e. The molecular weight excluding hydrogens is 292 g/mol. The molecule has 1 fully saturated rings. The first-order valence-corrected chi connectivity index (χ1v) is 8.46. The largest absolute Gasteiger partial charge is 0.444 e. The first-order valence-electron chi connectivity index (χ1n) is 8.46. The summed E-state index contributed by atoms with van der Waals surface area (Å²) in [5.74, 6) is 0.518. The second kappa shape index (κ2) is 7.81. The summed E-state index contributed by atoms with van der Waals surface area (Å²) in [7, 11) is 1.83. The Morgan fingerprint density at radius 1 is 1.39 bits per heavy atom. The van der Waals surface area contributed by atoms with Gasteiger partial charge in [-0.1, -0.05) is 0 Å². The van der Waals surface area contributed by atoms with Gasteiger partial charge in [-0.25, -0.2) is 9.78 Å². The SMILES string of the molecule is CN(C[C@@H]1CCCN(CCn2ccnc2)C1)C(=O)OC(C)(C)C. The van der Waals surface area contributed by atoms with Crippen LogP contribution in [0.4, 0.5) is 4.79 Å². The van der Waals surface area contributed by atoms with Gasteiger partial charge in [0, 0.05) is 45.6 Å². The third-order valence-corrected chi connectivity index (χ3v) is 4.07. The van der Waals surface area contributed by atoms with Crippen LogP contribution < -0.4 is 0 Å². The number of carbonyl (C=O) groups is 1. The molecule has 130 valence electrons. The van der Waals surface area contributed by atoms with E-state index in [1.165, 1.54) is 12.8 Å². The topological polar surface area (TPSA) is 50.6 Å². The molecule has 1 saturated heterocycles. The number of aromatic nitrogens is 2. The van der Waals surface area contributed by atoms with E-state index in [0.29, 0.717) is 5.92 Å². The third kappa shape index (κ3) is 6.22. The highest BCUT2D eigenvalue weighted by Gasteiger charge is 2.25. The van der Waals surface area contributed by atoms with E-state index in [1.54, 1.807) is 4.90 Å². The van der Waals surface area contributed by atoms with Crippen molar-refractivity contribution in [3.05, 3.63) is 18.7 Å².